The molecule has 7 heteroatoms. The molecule has 0 saturated heterocycles. The molecule has 0 unspecified atom stereocenters. The highest BCUT2D eigenvalue weighted by molar-refractivity contribution is 6.01. The van der Waals surface area contributed by atoms with E-state index < -0.39 is 17.7 Å². The number of ether oxygens (including phenoxy) is 3. The van der Waals surface area contributed by atoms with Crippen LogP contribution < -0.4 is 14.8 Å². The van der Waals surface area contributed by atoms with E-state index in [9.17, 15) is 14.0 Å². The van der Waals surface area contributed by atoms with Gasteiger partial charge in [-0.2, -0.15) is 0 Å². The fourth-order valence-corrected chi connectivity index (χ4v) is 3.47. The van der Waals surface area contributed by atoms with E-state index in [1.807, 2.05) is 54.6 Å². The van der Waals surface area contributed by atoms with Crippen LogP contribution in [0, 0.1) is 5.82 Å². The van der Waals surface area contributed by atoms with Gasteiger partial charge in [0.2, 0.25) is 5.91 Å². The number of hydrogen-bond acceptors (Lipinski definition) is 5. The van der Waals surface area contributed by atoms with Gasteiger partial charge in [0.1, 0.15) is 29.7 Å². The van der Waals surface area contributed by atoms with E-state index in [1.165, 1.54) is 13.2 Å². The zero-order valence-electron chi connectivity index (χ0n) is 19.6. The molecule has 6 nitrogen and oxygen atoms in total. The van der Waals surface area contributed by atoms with Crippen LogP contribution in [0.25, 0.3) is 0 Å². The second-order valence-corrected chi connectivity index (χ2v) is 7.90. The summed E-state index contributed by atoms with van der Waals surface area (Å²) in [6.45, 7) is 0.456. The lowest BCUT2D eigenvalue weighted by Gasteiger charge is -2.11. The van der Waals surface area contributed by atoms with Gasteiger partial charge in [0, 0.05) is 6.07 Å². The number of methoxy groups -OCH3 is 1. The molecule has 0 bridgehead atoms. The van der Waals surface area contributed by atoms with Gasteiger partial charge in [0.15, 0.2) is 0 Å². The van der Waals surface area contributed by atoms with Crippen molar-refractivity contribution >= 4 is 17.6 Å². The summed E-state index contributed by atoms with van der Waals surface area (Å²) < 4.78 is 30.1. The number of esters is 1. The maximum Gasteiger partial charge on any atom is 0.339 e. The fraction of sp³-hybridized carbons (Fsp3) is 0.103. The summed E-state index contributed by atoms with van der Waals surface area (Å²) in [6, 6.07) is 27.7. The smallest absolute Gasteiger partial charge is 0.339 e. The number of halogens is 1. The van der Waals surface area contributed by atoms with E-state index in [0.29, 0.717) is 23.9 Å². The Labute approximate surface area is 208 Å². The van der Waals surface area contributed by atoms with Crippen molar-refractivity contribution in [3.05, 3.63) is 120 Å². The molecule has 4 rings (SSSR count). The molecule has 0 saturated carbocycles. The average molecular weight is 486 g/mol. The van der Waals surface area contributed by atoms with Crippen LogP contribution in [-0.4, -0.2) is 19.0 Å². The van der Waals surface area contributed by atoms with E-state index in [0.717, 1.165) is 23.3 Å². The summed E-state index contributed by atoms with van der Waals surface area (Å²) >= 11 is 0. The molecule has 0 fully saturated rings. The van der Waals surface area contributed by atoms with Crippen molar-refractivity contribution in [1.82, 2.24) is 0 Å². The van der Waals surface area contributed by atoms with Gasteiger partial charge in [-0.25, -0.2) is 9.18 Å². The van der Waals surface area contributed by atoms with Crippen molar-refractivity contribution < 1.29 is 28.2 Å². The maximum atomic E-state index is 13.6. The predicted octanol–water partition coefficient (Wildman–Crippen LogP) is 6.16. The summed E-state index contributed by atoms with van der Waals surface area (Å²) in [5.41, 5.74) is 1.92. The molecule has 4 aromatic rings. The van der Waals surface area contributed by atoms with Crippen molar-refractivity contribution in [2.75, 3.05) is 12.4 Å². The fourth-order valence-electron chi connectivity index (χ4n) is 3.47. The number of nitrogens with one attached hydrogen (secondary N) is 1. The van der Waals surface area contributed by atoms with E-state index in [2.05, 4.69) is 10.1 Å². The first-order chi connectivity index (χ1) is 17.5. The number of carbonyl (C=O) groups excluding carboxylic acids is 2. The van der Waals surface area contributed by atoms with E-state index >= 15 is 0 Å². The van der Waals surface area contributed by atoms with E-state index in [1.54, 1.807) is 24.3 Å². The predicted molar refractivity (Wildman–Crippen MR) is 134 cm³/mol. The summed E-state index contributed by atoms with van der Waals surface area (Å²) in [4.78, 5) is 24.4. The molecule has 0 heterocycles. The minimum Gasteiger partial charge on any atom is -0.489 e. The first-order valence-electron chi connectivity index (χ1n) is 11.2. The minimum absolute atomic E-state index is 0.0280. The van der Waals surface area contributed by atoms with Crippen LogP contribution in [0.3, 0.4) is 0 Å². The van der Waals surface area contributed by atoms with Gasteiger partial charge in [-0.3, -0.25) is 4.79 Å². The third kappa shape index (κ3) is 6.70. The number of benzene rings is 4. The first kappa shape index (κ1) is 24.5. The monoisotopic (exact) mass is 485 g/mol. The number of anilines is 1. The highest BCUT2D eigenvalue weighted by Crippen LogP contribution is 2.26. The van der Waals surface area contributed by atoms with Gasteiger partial charge in [-0.1, -0.05) is 48.5 Å². The number of amides is 1. The summed E-state index contributed by atoms with van der Waals surface area (Å²) in [6.07, 6.45) is 0.0280. The van der Waals surface area contributed by atoms with Gasteiger partial charge in [-0.15, -0.1) is 0 Å². The van der Waals surface area contributed by atoms with Gasteiger partial charge in [-0.05, 0) is 53.6 Å². The van der Waals surface area contributed by atoms with Gasteiger partial charge < -0.3 is 19.5 Å². The van der Waals surface area contributed by atoms with Crippen LogP contribution in [-0.2, 0) is 22.6 Å². The SMILES string of the molecule is COC(=O)c1ccc(F)cc1NC(=O)Cc1ccc(Oc2cccc(OCc3ccccc3)c2)cc1. The van der Waals surface area contributed by atoms with E-state index in [4.69, 9.17) is 9.47 Å². The number of rotatable bonds is 9. The highest BCUT2D eigenvalue weighted by Gasteiger charge is 2.15. The Morgan fingerprint density at radius 2 is 1.53 bits per heavy atom. The summed E-state index contributed by atoms with van der Waals surface area (Å²) in [7, 11) is 1.22. The zero-order valence-corrected chi connectivity index (χ0v) is 19.6. The van der Waals surface area contributed by atoms with Crippen molar-refractivity contribution in [2.24, 2.45) is 0 Å². The van der Waals surface area contributed by atoms with Gasteiger partial charge >= 0.3 is 5.97 Å². The molecule has 0 aliphatic carbocycles. The van der Waals surface area contributed by atoms with Crippen LogP contribution in [0.5, 0.6) is 17.2 Å². The third-order valence-corrected chi connectivity index (χ3v) is 5.24. The molecule has 0 radical (unpaired) electrons. The van der Waals surface area contributed by atoms with Crippen molar-refractivity contribution in [2.45, 2.75) is 13.0 Å². The lowest BCUT2D eigenvalue weighted by atomic mass is 10.1. The Bertz CT molecular complexity index is 1340. The Balaban J connectivity index is 1.34. The standard InChI is InChI=1S/C29H24FNO5/c1-34-29(33)26-15-12-22(30)17-27(26)31-28(32)16-20-10-13-23(14-11-20)36-25-9-5-8-24(18-25)35-19-21-6-3-2-4-7-21/h2-15,17-18H,16,19H2,1H3,(H,31,32). The Morgan fingerprint density at radius 3 is 2.28 bits per heavy atom. The molecule has 4 aromatic carbocycles. The molecular weight excluding hydrogens is 461 g/mol. The number of hydrogen-bond donors (Lipinski definition) is 1. The largest absolute Gasteiger partial charge is 0.489 e. The van der Waals surface area contributed by atoms with Crippen LogP contribution in [0.1, 0.15) is 21.5 Å². The molecule has 0 atom stereocenters. The second kappa shape index (κ2) is 11.7. The zero-order chi connectivity index (χ0) is 25.3. The third-order valence-electron chi connectivity index (χ3n) is 5.24. The molecule has 0 spiro atoms. The normalized spacial score (nSPS) is 10.4. The molecule has 1 amide bonds. The Kier molecular flexibility index (Phi) is 7.93. The molecule has 0 aliphatic rings. The first-order valence-corrected chi connectivity index (χ1v) is 11.2. The quantitative estimate of drug-likeness (QED) is 0.287. The molecule has 0 aliphatic heterocycles. The van der Waals surface area contributed by atoms with Crippen LogP contribution in [0.4, 0.5) is 10.1 Å². The number of carbonyl (C=O) groups is 2. The average Bonchev–Trinajstić information content (AvgIpc) is 2.89. The summed E-state index contributed by atoms with van der Waals surface area (Å²) in [5, 5.41) is 2.57. The molecule has 0 aromatic heterocycles. The van der Waals surface area contributed by atoms with Crippen molar-refractivity contribution in [3.63, 3.8) is 0 Å². The van der Waals surface area contributed by atoms with Crippen LogP contribution >= 0.6 is 0 Å². The highest BCUT2D eigenvalue weighted by atomic mass is 19.1. The van der Waals surface area contributed by atoms with Crippen molar-refractivity contribution in [1.29, 1.82) is 0 Å². The molecule has 1 N–H and O–H groups in total. The lowest BCUT2D eigenvalue weighted by Crippen LogP contribution is -2.17. The Hall–Kier alpha value is -4.65. The van der Waals surface area contributed by atoms with Gasteiger partial charge in [0.25, 0.3) is 0 Å². The molecular formula is C29H24FNO5. The van der Waals surface area contributed by atoms with Crippen LogP contribution in [0.2, 0.25) is 0 Å². The Morgan fingerprint density at radius 1 is 0.778 bits per heavy atom. The van der Waals surface area contributed by atoms with Crippen molar-refractivity contribution in [3.8, 4) is 17.2 Å². The second-order valence-electron chi connectivity index (χ2n) is 7.90. The lowest BCUT2D eigenvalue weighted by molar-refractivity contribution is -0.115. The topological polar surface area (TPSA) is 73.9 Å². The van der Waals surface area contributed by atoms with Gasteiger partial charge in [0.05, 0.1) is 24.8 Å². The molecule has 36 heavy (non-hydrogen) atoms. The van der Waals surface area contributed by atoms with Crippen LogP contribution in [0.15, 0.2) is 97.1 Å². The maximum absolute atomic E-state index is 13.6. The summed E-state index contributed by atoms with van der Waals surface area (Å²) in [5.74, 6) is 0.260. The molecule has 182 valence electrons. The minimum atomic E-state index is -0.665. The van der Waals surface area contributed by atoms with E-state index in [-0.39, 0.29) is 17.7 Å².